The lowest BCUT2D eigenvalue weighted by molar-refractivity contribution is -0.132. The molecule has 0 saturated carbocycles. The van der Waals surface area contributed by atoms with Crippen molar-refractivity contribution in [2.75, 3.05) is 20.2 Å². The van der Waals surface area contributed by atoms with E-state index in [9.17, 15) is 9.59 Å². The fourth-order valence-electron chi connectivity index (χ4n) is 3.03. The Bertz CT molecular complexity index is 549. The van der Waals surface area contributed by atoms with Crippen LogP contribution in [0.2, 0.25) is 0 Å². The van der Waals surface area contributed by atoms with E-state index in [-0.39, 0.29) is 0 Å². The van der Waals surface area contributed by atoms with Crippen LogP contribution in [0.25, 0.3) is 0 Å². The fourth-order valence-corrected chi connectivity index (χ4v) is 3.03. The molecule has 1 aliphatic rings. The molecular formula is C23H38N2O4. The molecule has 1 heterocycles. The van der Waals surface area contributed by atoms with Crippen LogP contribution in [0.15, 0.2) is 30.3 Å². The summed E-state index contributed by atoms with van der Waals surface area (Å²) < 4.78 is 3.86. The van der Waals surface area contributed by atoms with Gasteiger partial charge < -0.3 is 15.0 Å². The number of nitrogens with zero attached hydrogens (tertiary/aromatic N) is 1. The highest BCUT2D eigenvalue weighted by molar-refractivity contribution is 5.76. The van der Waals surface area contributed by atoms with Crippen molar-refractivity contribution in [1.29, 1.82) is 0 Å². The monoisotopic (exact) mass is 406 g/mol. The van der Waals surface area contributed by atoms with Gasteiger partial charge in [-0.25, -0.2) is 0 Å². The molecule has 2 rings (SSSR count). The average Bonchev–Trinajstić information content (AvgIpc) is 3.15. The standard InChI is InChI=1S/C12H23NO.C9H11NO.C2H4O2/c1-10(2)6-4-8-12(14)13-9-5-7-11(13)3;11-8-10-7-6-9-4-2-1-3-5-9;1-4-2-3/h10-11H,4-9H2,1-3H3;1-5,8H,6-7H2,(H,10,11);2H,1H3. The normalized spacial score (nSPS) is 14.8. The van der Waals surface area contributed by atoms with Gasteiger partial charge in [0.05, 0.1) is 7.11 Å². The Hall–Kier alpha value is -2.37. The van der Waals surface area contributed by atoms with Crippen LogP contribution >= 0.6 is 0 Å². The van der Waals surface area contributed by atoms with Gasteiger partial charge in [0, 0.05) is 25.6 Å². The molecule has 1 N–H and O–H groups in total. The van der Waals surface area contributed by atoms with E-state index < -0.39 is 0 Å². The summed E-state index contributed by atoms with van der Waals surface area (Å²) in [5.41, 5.74) is 1.25. The van der Waals surface area contributed by atoms with E-state index in [1.807, 2.05) is 30.3 Å². The first-order valence-corrected chi connectivity index (χ1v) is 10.4. The first kappa shape index (κ1) is 26.6. The predicted octanol–water partition coefficient (Wildman–Crippen LogP) is 3.59. The van der Waals surface area contributed by atoms with Gasteiger partial charge in [-0.3, -0.25) is 14.4 Å². The fraction of sp³-hybridized carbons (Fsp3) is 0.609. The first-order valence-electron chi connectivity index (χ1n) is 10.4. The van der Waals surface area contributed by atoms with Gasteiger partial charge in [-0.15, -0.1) is 0 Å². The summed E-state index contributed by atoms with van der Waals surface area (Å²) in [6, 6.07) is 10.6. The minimum atomic E-state index is 0.371. The molecule has 2 amide bonds. The lowest BCUT2D eigenvalue weighted by atomic mass is 10.1. The van der Waals surface area contributed by atoms with Crippen molar-refractivity contribution < 1.29 is 19.1 Å². The first-order chi connectivity index (χ1) is 14.0. The Morgan fingerprint density at radius 1 is 1.28 bits per heavy atom. The van der Waals surface area contributed by atoms with E-state index in [1.165, 1.54) is 31.9 Å². The van der Waals surface area contributed by atoms with E-state index in [0.717, 1.165) is 38.1 Å². The molecule has 1 fully saturated rings. The number of hydrogen-bond donors (Lipinski definition) is 1. The molecule has 0 aliphatic carbocycles. The molecule has 1 aromatic rings. The second-order valence-electron chi connectivity index (χ2n) is 7.50. The van der Waals surface area contributed by atoms with Crippen LogP contribution in [0.4, 0.5) is 0 Å². The molecule has 1 atom stereocenters. The van der Waals surface area contributed by atoms with Gasteiger partial charge in [-0.2, -0.15) is 0 Å². The van der Waals surface area contributed by atoms with Crippen LogP contribution in [0.1, 0.15) is 58.4 Å². The molecule has 0 aromatic heterocycles. The van der Waals surface area contributed by atoms with E-state index in [2.05, 4.69) is 35.7 Å². The lowest BCUT2D eigenvalue weighted by Crippen LogP contribution is -2.33. The highest BCUT2D eigenvalue weighted by Crippen LogP contribution is 2.18. The van der Waals surface area contributed by atoms with Crippen molar-refractivity contribution >= 4 is 18.8 Å². The Balaban J connectivity index is 0.000000466. The van der Waals surface area contributed by atoms with Gasteiger partial charge in [0.1, 0.15) is 0 Å². The van der Waals surface area contributed by atoms with Crippen molar-refractivity contribution in [2.24, 2.45) is 5.92 Å². The summed E-state index contributed by atoms with van der Waals surface area (Å²) >= 11 is 0. The van der Waals surface area contributed by atoms with Crippen molar-refractivity contribution in [2.45, 2.75) is 65.3 Å². The van der Waals surface area contributed by atoms with Crippen molar-refractivity contribution in [3.05, 3.63) is 35.9 Å². The van der Waals surface area contributed by atoms with Crippen LogP contribution in [-0.2, 0) is 25.5 Å². The topological polar surface area (TPSA) is 75.7 Å². The van der Waals surface area contributed by atoms with Gasteiger partial charge in [-0.05, 0) is 44.1 Å². The quantitative estimate of drug-likeness (QED) is 0.502. The summed E-state index contributed by atoms with van der Waals surface area (Å²) in [5, 5.41) is 2.62. The number of methoxy groups -OCH3 is 1. The third kappa shape index (κ3) is 14.3. The maximum Gasteiger partial charge on any atom is 0.292 e. The number of hydrogen-bond acceptors (Lipinski definition) is 4. The third-order valence-corrected chi connectivity index (χ3v) is 4.63. The summed E-state index contributed by atoms with van der Waals surface area (Å²) in [4.78, 5) is 32.7. The molecule has 1 saturated heterocycles. The van der Waals surface area contributed by atoms with Gasteiger partial charge in [0.2, 0.25) is 12.3 Å². The molecule has 29 heavy (non-hydrogen) atoms. The molecule has 164 valence electrons. The zero-order chi connectivity index (χ0) is 21.9. The zero-order valence-electron chi connectivity index (χ0n) is 18.4. The average molecular weight is 407 g/mol. The number of ether oxygens (including phenoxy) is 1. The summed E-state index contributed by atoms with van der Waals surface area (Å²) in [6.07, 6.45) is 6.99. The van der Waals surface area contributed by atoms with Crippen molar-refractivity contribution in [3.8, 4) is 0 Å². The number of rotatable bonds is 9. The highest BCUT2D eigenvalue weighted by Gasteiger charge is 2.24. The van der Waals surface area contributed by atoms with Crippen LogP contribution in [0.5, 0.6) is 0 Å². The molecule has 0 radical (unpaired) electrons. The number of benzene rings is 1. The minimum absolute atomic E-state index is 0.371. The molecular weight excluding hydrogens is 368 g/mol. The molecule has 0 bridgehead atoms. The van der Waals surface area contributed by atoms with Crippen LogP contribution < -0.4 is 5.32 Å². The second-order valence-corrected chi connectivity index (χ2v) is 7.50. The van der Waals surface area contributed by atoms with Crippen LogP contribution in [0, 0.1) is 5.92 Å². The Labute approximate surface area is 176 Å². The Morgan fingerprint density at radius 2 is 1.93 bits per heavy atom. The molecule has 0 spiro atoms. The largest absolute Gasteiger partial charge is 0.471 e. The van der Waals surface area contributed by atoms with Gasteiger partial charge in [0.25, 0.3) is 6.47 Å². The number of likely N-dealkylation sites (tertiary alicyclic amines) is 1. The maximum atomic E-state index is 11.8. The van der Waals surface area contributed by atoms with E-state index >= 15 is 0 Å². The van der Waals surface area contributed by atoms with Crippen molar-refractivity contribution in [1.82, 2.24) is 10.2 Å². The third-order valence-electron chi connectivity index (χ3n) is 4.63. The Kier molecular flexibility index (Phi) is 16.3. The molecule has 1 aromatic carbocycles. The summed E-state index contributed by atoms with van der Waals surface area (Å²) in [6.45, 7) is 8.66. The second kappa shape index (κ2) is 17.7. The number of nitrogens with one attached hydrogen (secondary N) is 1. The molecule has 1 aliphatic heterocycles. The van der Waals surface area contributed by atoms with Gasteiger partial charge in [0.15, 0.2) is 0 Å². The van der Waals surface area contributed by atoms with Crippen LogP contribution in [0.3, 0.4) is 0 Å². The highest BCUT2D eigenvalue weighted by atomic mass is 16.5. The number of carbonyl (C=O) groups excluding carboxylic acids is 3. The summed E-state index contributed by atoms with van der Waals surface area (Å²) in [7, 11) is 1.31. The molecule has 1 unspecified atom stereocenters. The zero-order valence-corrected chi connectivity index (χ0v) is 18.4. The molecule has 6 heteroatoms. The SMILES string of the molecule is CC(C)CCCC(=O)N1CCCC1C.COC=O.O=CNCCc1ccccc1. The Morgan fingerprint density at radius 3 is 2.41 bits per heavy atom. The predicted molar refractivity (Wildman–Crippen MR) is 116 cm³/mol. The van der Waals surface area contributed by atoms with Crippen LogP contribution in [-0.4, -0.2) is 49.9 Å². The number of carbonyl (C=O) groups is 3. The van der Waals surface area contributed by atoms with E-state index in [4.69, 9.17) is 4.79 Å². The minimum Gasteiger partial charge on any atom is -0.471 e. The molecule has 6 nitrogen and oxygen atoms in total. The van der Waals surface area contributed by atoms with E-state index in [0.29, 0.717) is 25.0 Å². The lowest BCUT2D eigenvalue weighted by Gasteiger charge is -2.21. The summed E-state index contributed by atoms with van der Waals surface area (Å²) in [5.74, 6) is 1.09. The number of amides is 2. The van der Waals surface area contributed by atoms with Gasteiger partial charge in [-0.1, -0.05) is 50.6 Å². The van der Waals surface area contributed by atoms with Crippen molar-refractivity contribution in [3.63, 3.8) is 0 Å². The van der Waals surface area contributed by atoms with E-state index in [1.54, 1.807) is 0 Å². The maximum absolute atomic E-state index is 11.8. The smallest absolute Gasteiger partial charge is 0.292 e. The van der Waals surface area contributed by atoms with Gasteiger partial charge >= 0.3 is 0 Å².